The molecule has 2 aliphatic rings. The third-order valence-electron chi connectivity index (χ3n) is 6.13. The van der Waals surface area contributed by atoms with Crippen LogP contribution in [0.2, 0.25) is 0 Å². The standard InChI is InChI=1S/C21H38N6O2.HI/c1-17(2)19-25-18(29-26-19)8-7-11-23-20(22-3)24-16-21(9-5-4-6-10-21)27-12-14-28-15-13-27;/h17H,4-16H2,1-3H3,(H2,22,23,24);1H. The highest BCUT2D eigenvalue weighted by molar-refractivity contribution is 14.0. The predicted molar refractivity (Wildman–Crippen MR) is 130 cm³/mol. The molecule has 0 atom stereocenters. The molecule has 0 radical (unpaired) electrons. The molecule has 1 aromatic rings. The molecule has 0 unspecified atom stereocenters. The van der Waals surface area contributed by atoms with E-state index in [1.54, 1.807) is 0 Å². The van der Waals surface area contributed by atoms with Gasteiger partial charge in [0.05, 0.1) is 13.2 Å². The molecule has 1 saturated heterocycles. The molecule has 1 saturated carbocycles. The molecule has 1 aliphatic heterocycles. The number of nitrogens with zero attached hydrogens (tertiary/aromatic N) is 4. The molecule has 2 heterocycles. The predicted octanol–water partition coefficient (Wildman–Crippen LogP) is 2.94. The molecule has 2 fully saturated rings. The van der Waals surface area contributed by atoms with E-state index >= 15 is 0 Å². The number of guanidine groups is 1. The van der Waals surface area contributed by atoms with Gasteiger partial charge in [0.2, 0.25) is 5.89 Å². The quantitative estimate of drug-likeness (QED) is 0.230. The summed E-state index contributed by atoms with van der Waals surface area (Å²) in [7, 11) is 1.84. The minimum absolute atomic E-state index is 0. The van der Waals surface area contributed by atoms with Gasteiger partial charge in [0, 0.05) is 51.1 Å². The maximum absolute atomic E-state index is 5.58. The molecule has 2 N–H and O–H groups in total. The lowest BCUT2D eigenvalue weighted by atomic mass is 9.80. The first-order valence-corrected chi connectivity index (χ1v) is 11.2. The second-order valence-corrected chi connectivity index (χ2v) is 8.54. The molecule has 8 nitrogen and oxygen atoms in total. The lowest BCUT2D eigenvalue weighted by molar-refractivity contribution is -0.0352. The largest absolute Gasteiger partial charge is 0.379 e. The highest BCUT2D eigenvalue weighted by Gasteiger charge is 2.38. The van der Waals surface area contributed by atoms with Crippen molar-refractivity contribution in [3.8, 4) is 0 Å². The number of aliphatic imine (C=N–C) groups is 1. The Labute approximate surface area is 198 Å². The van der Waals surface area contributed by atoms with Crippen LogP contribution in [0.25, 0.3) is 0 Å². The van der Waals surface area contributed by atoms with Crippen LogP contribution in [0, 0.1) is 0 Å². The summed E-state index contributed by atoms with van der Waals surface area (Å²) in [5, 5.41) is 11.1. The van der Waals surface area contributed by atoms with Gasteiger partial charge in [-0.25, -0.2) is 0 Å². The number of hydrogen-bond acceptors (Lipinski definition) is 6. The monoisotopic (exact) mass is 534 g/mol. The number of rotatable bonds is 8. The topological polar surface area (TPSA) is 87.8 Å². The average Bonchev–Trinajstić information content (AvgIpc) is 3.24. The van der Waals surface area contributed by atoms with E-state index in [0.717, 1.165) is 64.0 Å². The van der Waals surface area contributed by atoms with Gasteiger partial charge < -0.3 is 19.9 Å². The third-order valence-corrected chi connectivity index (χ3v) is 6.13. The van der Waals surface area contributed by atoms with Crippen molar-refractivity contribution in [3.63, 3.8) is 0 Å². The molecule has 3 rings (SSSR count). The van der Waals surface area contributed by atoms with Crippen LogP contribution < -0.4 is 10.6 Å². The number of ether oxygens (including phenoxy) is 1. The van der Waals surface area contributed by atoms with Crippen molar-refractivity contribution >= 4 is 29.9 Å². The molecular weight excluding hydrogens is 495 g/mol. The minimum atomic E-state index is 0. The Morgan fingerprint density at radius 3 is 2.53 bits per heavy atom. The minimum Gasteiger partial charge on any atom is -0.379 e. The van der Waals surface area contributed by atoms with Crippen molar-refractivity contribution in [1.29, 1.82) is 0 Å². The van der Waals surface area contributed by atoms with E-state index in [9.17, 15) is 0 Å². The fourth-order valence-electron chi connectivity index (χ4n) is 4.37. The molecule has 0 spiro atoms. The smallest absolute Gasteiger partial charge is 0.226 e. The Morgan fingerprint density at radius 2 is 1.90 bits per heavy atom. The summed E-state index contributed by atoms with van der Waals surface area (Å²) in [4.78, 5) is 11.5. The van der Waals surface area contributed by atoms with E-state index in [1.807, 2.05) is 7.05 Å². The second kappa shape index (κ2) is 12.8. The van der Waals surface area contributed by atoms with Crippen molar-refractivity contribution < 1.29 is 9.26 Å². The first-order valence-electron chi connectivity index (χ1n) is 11.2. The van der Waals surface area contributed by atoms with E-state index in [1.165, 1.54) is 32.1 Å². The zero-order chi connectivity index (χ0) is 20.5. The maximum atomic E-state index is 5.58. The molecule has 0 amide bonds. The molecule has 172 valence electrons. The number of nitrogens with one attached hydrogen (secondary N) is 2. The molecule has 1 aliphatic carbocycles. The summed E-state index contributed by atoms with van der Waals surface area (Å²) in [5.41, 5.74) is 0.233. The van der Waals surface area contributed by atoms with Crippen LogP contribution in [-0.2, 0) is 11.2 Å². The molecule has 0 bridgehead atoms. The summed E-state index contributed by atoms with van der Waals surface area (Å²) < 4.78 is 10.9. The highest BCUT2D eigenvalue weighted by Crippen LogP contribution is 2.33. The van der Waals surface area contributed by atoms with Crippen molar-refractivity contribution in [3.05, 3.63) is 11.7 Å². The molecule has 9 heteroatoms. The van der Waals surface area contributed by atoms with Gasteiger partial charge in [-0.2, -0.15) is 4.98 Å². The number of morpholine rings is 1. The van der Waals surface area contributed by atoms with Crippen molar-refractivity contribution in [2.24, 2.45) is 4.99 Å². The first-order chi connectivity index (χ1) is 14.1. The van der Waals surface area contributed by atoms with Gasteiger partial charge in [-0.3, -0.25) is 9.89 Å². The van der Waals surface area contributed by atoms with Gasteiger partial charge in [0.15, 0.2) is 11.8 Å². The molecule has 0 aromatic carbocycles. The summed E-state index contributed by atoms with van der Waals surface area (Å²) in [6.07, 6.45) is 8.20. The number of aromatic nitrogens is 2. The van der Waals surface area contributed by atoms with Gasteiger partial charge in [-0.1, -0.05) is 38.3 Å². The van der Waals surface area contributed by atoms with Gasteiger partial charge in [-0.15, -0.1) is 24.0 Å². The second-order valence-electron chi connectivity index (χ2n) is 8.54. The SMILES string of the molecule is CN=C(NCCCc1nc(C(C)C)no1)NCC1(N2CCOCC2)CCCCC1.I. The fraction of sp³-hybridized carbons (Fsp3) is 0.857. The lowest BCUT2D eigenvalue weighted by Gasteiger charge is -2.48. The van der Waals surface area contributed by atoms with Crippen molar-refractivity contribution in [2.45, 2.75) is 70.3 Å². The third kappa shape index (κ3) is 7.05. The summed E-state index contributed by atoms with van der Waals surface area (Å²) in [5.74, 6) is 2.67. The Kier molecular flexibility index (Phi) is 10.8. The average molecular weight is 534 g/mol. The van der Waals surface area contributed by atoms with E-state index in [2.05, 4.69) is 44.5 Å². The number of aryl methyl sites for hydroxylation is 1. The fourth-order valence-corrected chi connectivity index (χ4v) is 4.37. The molecule has 1 aromatic heterocycles. The molecule has 30 heavy (non-hydrogen) atoms. The highest BCUT2D eigenvalue weighted by atomic mass is 127. The van der Waals surface area contributed by atoms with Gasteiger partial charge in [-0.05, 0) is 19.3 Å². The Balaban J connectivity index is 0.00000320. The normalized spacial score (nSPS) is 20.1. The summed E-state index contributed by atoms with van der Waals surface area (Å²) in [6, 6.07) is 0. The Bertz CT molecular complexity index is 639. The van der Waals surface area contributed by atoms with Crippen molar-refractivity contribution in [1.82, 2.24) is 25.7 Å². The first kappa shape index (κ1) is 25.3. The Morgan fingerprint density at radius 1 is 1.17 bits per heavy atom. The van der Waals surface area contributed by atoms with Crippen LogP contribution in [0.15, 0.2) is 9.52 Å². The summed E-state index contributed by atoms with van der Waals surface area (Å²) >= 11 is 0. The van der Waals surface area contributed by atoms with Crippen molar-refractivity contribution in [2.75, 3.05) is 46.4 Å². The lowest BCUT2D eigenvalue weighted by Crippen LogP contribution is -2.60. The Hall–Kier alpha value is -0.940. The van der Waals surface area contributed by atoms with Gasteiger partial charge in [0.1, 0.15) is 0 Å². The number of hydrogen-bond donors (Lipinski definition) is 2. The van der Waals surface area contributed by atoms with Crippen LogP contribution in [0.1, 0.15) is 70.0 Å². The van der Waals surface area contributed by atoms with Crippen LogP contribution >= 0.6 is 24.0 Å². The van der Waals surface area contributed by atoms with E-state index in [-0.39, 0.29) is 29.5 Å². The van der Waals surface area contributed by atoms with Gasteiger partial charge >= 0.3 is 0 Å². The van der Waals surface area contributed by atoms with Crippen LogP contribution in [0.3, 0.4) is 0 Å². The van der Waals surface area contributed by atoms with E-state index in [0.29, 0.717) is 11.8 Å². The zero-order valence-corrected chi connectivity index (χ0v) is 21.1. The molecular formula is C21H39IN6O2. The van der Waals surface area contributed by atoms with E-state index < -0.39 is 0 Å². The van der Waals surface area contributed by atoms with E-state index in [4.69, 9.17) is 9.26 Å². The maximum Gasteiger partial charge on any atom is 0.226 e. The number of halogens is 1. The summed E-state index contributed by atoms with van der Waals surface area (Å²) in [6.45, 7) is 9.68. The van der Waals surface area contributed by atoms with Crippen LogP contribution in [-0.4, -0.2) is 73.0 Å². The van der Waals surface area contributed by atoms with Crippen LogP contribution in [0.5, 0.6) is 0 Å². The zero-order valence-electron chi connectivity index (χ0n) is 18.8. The van der Waals surface area contributed by atoms with Crippen LogP contribution in [0.4, 0.5) is 0 Å². The van der Waals surface area contributed by atoms with Gasteiger partial charge in [0.25, 0.3) is 0 Å².